The maximum atomic E-state index is 10.7. The van der Waals surface area contributed by atoms with E-state index >= 15 is 0 Å². The predicted octanol–water partition coefficient (Wildman–Crippen LogP) is 1.12. The molecule has 0 bridgehead atoms. The van der Waals surface area contributed by atoms with Crippen molar-refractivity contribution in [1.29, 1.82) is 5.26 Å². The number of rotatable bonds is 1. The predicted molar refractivity (Wildman–Crippen MR) is 52.2 cm³/mol. The van der Waals surface area contributed by atoms with Crippen LogP contribution in [0, 0.1) is 11.2 Å². The van der Waals surface area contributed by atoms with Crippen LogP contribution in [0.15, 0.2) is 18.2 Å². The van der Waals surface area contributed by atoms with Crippen molar-refractivity contribution in [2.75, 3.05) is 0 Å². The molecule has 68 valence electrons. The third kappa shape index (κ3) is 1.37. The summed E-state index contributed by atoms with van der Waals surface area (Å²) in [4.78, 5) is 10.7. The number of hydrogen-bond donors (Lipinski definition) is 1. The van der Waals surface area contributed by atoms with Crippen LogP contribution in [0.2, 0.25) is 0 Å². The molecule has 0 amide bonds. The van der Waals surface area contributed by atoms with E-state index in [0.29, 0.717) is 11.9 Å². The van der Waals surface area contributed by atoms with Gasteiger partial charge in [-0.3, -0.25) is 0 Å². The molecule has 0 unspecified atom stereocenters. The molecule has 1 aromatic rings. The second kappa shape index (κ2) is 3.19. The molecule has 0 aliphatic carbocycles. The van der Waals surface area contributed by atoms with E-state index in [-0.39, 0.29) is 6.71 Å². The molecule has 2 rings (SSSR count). The number of carboxylic acids is 1. The number of aromatic carboxylic acids is 1. The summed E-state index contributed by atoms with van der Waals surface area (Å²) in [5.74, 6) is 1.30. The molecular weight excluding hydrogens is 177 g/mol. The van der Waals surface area contributed by atoms with Gasteiger partial charge in [-0.15, -0.1) is 0 Å². The zero-order valence-corrected chi connectivity index (χ0v) is 7.53. The highest BCUT2D eigenvalue weighted by Gasteiger charge is 2.25. The van der Waals surface area contributed by atoms with Gasteiger partial charge < -0.3 is 5.11 Å². The second-order valence-corrected chi connectivity index (χ2v) is 3.52. The van der Waals surface area contributed by atoms with Crippen LogP contribution in [0.4, 0.5) is 0 Å². The van der Waals surface area contributed by atoms with Gasteiger partial charge in [0.05, 0.1) is 5.56 Å². The lowest BCUT2D eigenvalue weighted by molar-refractivity contribution is 0.0697. The molecule has 1 N–H and O–H groups in total. The van der Waals surface area contributed by atoms with Crippen molar-refractivity contribution in [1.82, 2.24) is 0 Å². The summed E-state index contributed by atoms with van der Waals surface area (Å²) in [5.41, 5.74) is 2.43. The Bertz CT molecular complexity index is 436. The Hall–Kier alpha value is -1.76. The largest absolute Gasteiger partial charge is 0.478 e. The first-order valence-corrected chi connectivity index (χ1v) is 4.45. The van der Waals surface area contributed by atoms with E-state index in [4.69, 9.17) is 10.4 Å². The maximum absolute atomic E-state index is 10.7. The fourth-order valence-corrected chi connectivity index (χ4v) is 1.84. The molecule has 4 heteroatoms. The monoisotopic (exact) mass is 185 g/mol. The van der Waals surface area contributed by atoms with Gasteiger partial charge in [-0.05, 0) is 24.8 Å². The number of nitrogens with zero attached hydrogens (tertiary/aromatic N) is 1. The Morgan fingerprint density at radius 2 is 2.14 bits per heavy atom. The van der Waals surface area contributed by atoms with Crippen molar-refractivity contribution in [3.8, 4) is 5.97 Å². The van der Waals surface area contributed by atoms with Gasteiger partial charge >= 0.3 is 5.97 Å². The molecular formula is C10H8BNO2. The molecule has 3 nitrogen and oxygen atoms in total. The van der Waals surface area contributed by atoms with Crippen LogP contribution in [-0.4, -0.2) is 17.8 Å². The number of nitriles is 1. The quantitative estimate of drug-likeness (QED) is 0.666. The van der Waals surface area contributed by atoms with E-state index in [1.165, 1.54) is 0 Å². The first kappa shape index (κ1) is 8.83. The van der Waals surface area contributed by atoms with Crippen LogP contribution >= 0.6 is 0 Å². The molecule has 1 aliphatic heterocycles. The van der Waals surface area contributed by atoms with Gasteiger partial charge in [0, 0.05) is 5.97 Å². The summed E-state index contributed by atoms with van der Waals surface area (Å²) in [5, 5.41) is 17.5. The number of benzene rings is 1. The summed E-state index contributed by atoms with van der Waals surface area (Å²) in [6, 6.07) is 5.09. The van der Waals surface area contributed by atoms with E-state index < -0.39 is 5.97 Å². The first-order chi connectivity index (χ1) is 6.70. The highest BCUT2D eigenvalue weighted by atomic mass is 16.4. The number of fused-ring (bicyclic) bond motifs is 1. The molecule has 1 aromatic carbocycles. The van der Waals surface area contributed by atoms with Crippen LogP contribution in [0.3, 0.4) is 0 Å². The van der Waals surface area contributed by atoms with Crippen molar-refractivity contribution >= 4 is 12.7 Å². The average Bonchev–Trinajstić information content (AvgIpc) is 2.58. The van der Waals surface area contributed by atoms with Gasteiger partial charge in [0.15, 0.2) is 0 Å². The van der Waals surface area contributed by atoms with Crippen molar-refractivity contribution in [3.05, 3.63) is 34.9 Å². The lowest BCUT2D eigenvalue weighted by Crippen LogP contribution is -2.09. The zero-order valence-electron chi connectivity index (χ0n) is 7.53. The third-order valence-corrected chi connectivity index (χ3v) is 2.57. The van der Waals surface area contributed by atoms with Crippen molar-refractivity contribution in [2.24, 2.45) is 0 Å². The molecule has 14 heavy (non-hydrogen) atoms. The van der Waals surface area contributed by atoms with Crippen molar-refractivity contribution < 1.29 is 9.90 Å². The minimum atomic E-state index is -0.909. The van der Waals surface area contributed by atoms with Crippen LogP contribution in [-0.2, 0) is 12.6 Å². The topological polar surface area (TPSA) is 61.1 Å². The van der Waals surface area contributed by atoms with Crippen molar-refractivity contribution in [3.63, 3.8) is 0 Å². The molecule has 0 spiro atoms. The minimum absolute atomic E-state index is 0.0223. The third-order valence-electron chi connectivity index (χ3n) is 2.57. The SMILES string of the molecule is N#CB1Cc2ccc(C(=O)O)cc2C1. The van der Waals surface area contributed by atoms with Crippen LogP contribution in [0.5, 0.6) is 0 Å². The van der Waals surface area contributed by atoms with E-state index in [9.17, 15) is 4.79 Å². The Balaban J connectivity index is 2.36. The molecule has 0 saturated carbocycles. The standard InChI is InChI=1S/C10H8BNO2/c12-6-11-4-8-2-1-7(10(13)14)3-9(8)5-11/h1-3H,4-5H2,(H,13,14). The fourth-order valence-electron chi connectivity index (χ4n) is 1.84. The highest BCUT2D eigenvalue weighted by molar-refractivity contribution is 6.67. The second-order valence-electron chi connectivity index (χ2n) is 3.52. The van der Waals surface area contributed by atoms with Gasteiger partial charge in [0.1, 0.15) is 0 Å². The summed E-state index contributed by atoms with van der Waals surface area (Å²) in [6.45, 7) is 0.0223. The first-order valence-electron chi connectivity index (χ1n) is 4.45. The van der Waals surface area contributed by atoms with Crippen molar-refractivity contribution in [2.45, 2.75) is 12.6 Å². The fraction of sp³-hybridized carbons (Fsp3) is 0.200. The van der Waals surface area contributed by atoms with E-state index in [2.05, 4.69) is 5.97 Å². The number of hydrogen-bond acceptors (Lipinski definition) is 2. The van der Waals surface area contributed by atoms with E-state index in [1.54, 1.807) is 12.1 Å². The van der Waals surface area contributed by atoms with Gasteiger partial charge in [-0.1, -0.05) is 17.2 Å². The summed E-state index contributed by atoms with van der Waals surface area (Å²) in [7, 11) is 0. The number of carboxylic acid groups (broad SMARTS) is 1. The van der Waals surface area contributed by atoms with E-state index in [0.717, 1.165) is 17.4 Å². The van der Waals surface area contributed by atoms with E-state index in [1.807, 2.05) is 6.07 Å². The van der Waals surface area contributed by atoms with Gasteiger partial charge in [-0.25, -0.2) is 10.1 Å². The molecule has 0 aromatic heterocycles. The molecule has 1 heterocycles. The Labute approximate surface area is 82.1 Å². The van der Waals surface area contributed by atoms with Crippen LogP contribution < -0.4 is 0 Å². The van der Waals surface area contributed by atoms with Gasteiger partial charge in [-0.2, -0.15) is 0 Å². The van der Waals surface area contributed by atoms with Gasteiger partial charge in [0.25, 0.3) is 6.71 Å². The zero-order chi connectivity index (χ0) is 10.1. The number of carbonyl (C=O) groups is 1. The van der Waals surface area contributed by atoms with Crippen LogP contribution in [0.25, 0.3) is 0 Å². The molecule has 0 fully saturated rings. The Morgan fingerprint density at radius 3 is 2.79 bits per heavy atom. The molecule has 0 atom stereocenters. The van der Waals surface area contributed by atoms with Crippen LogP contribution in [0.1, 0.15) is 21.5 Å². The average molecular weight is 185 g/mol. The maximum Gasteiger partial charge on any atom is 0.335 e. The minimum Gasteiger partial charge on any atom is -0.478 e. The summed E-state index contributed by atoms with van der Waals surface area (Å²) in [6.07, 6.45) is 1.44. The smallest absolute Gasteiger partial charge is 0.335 e. The Morgan fingerprint density at radius 1 is 1.43 bits per heavy atom. The summed E-state index contributed by atoms with van der Waals surface area (Å²) >= 11 is 0. The molecule has 0 saturated heterocycles. The van der Waals surface area contributed by atoms with Gasteiger partial charge in [0.2, 0.25) is 0 Å². The highest BCUT2D eigenvalue weighted by Crippen LogP contribution is 2.22. The summed E-state index contributed by atoms with van der Waals surface area (Å²) < 4.78 is 0. The Kier molecular flexibility index (Phi) is 2.01. The lowest BCUT2D eigenvalue weighted by atomic mass is 9.49. The normalized spacial score (nSPS) is 13.5. The lowest BCUT2D eigenvalue weighted by Gasteiger charge is -1.99. The molecule has 0 radical (unpaired) electrons. The molecule has 1 aliphatic rings.